The standard InChI is InChI=1S/C12H15NOS/c1-7-4-9(5-8(7)2)10-6-11(15)13(3)12(10)14/h4-6H2,1-3H3. The fourth-order valence-electron chi connectivity index (χ4n) is 2.16. The molecule has 0 spiro atoms. The first-order chi connectivity index (χ1) is 7.00. The Morgan fingerprint density at radius 2 is 1.67 bits per heavy atom. The number of nitrogens with zero attached hydrogens (tertiary/aromatic N) is 1. The minimum absolute atomic E-state index is 0.109. The number of carbonyl (C=O) groups is 1. The van der Waals surface area contributed by atoms with Crippen LogP contribution in [0.15, 0.2) is 22.3 Å². The van der Waals surface area contributed by atoms with E-state index in [0.29, 0.717) is 6.42 Å². The molecule has 0 N–H and O–H groups in total. The van der Waals surface area contributed by atoms with E-state index in [-0.39, 0.29) is 5.91 Å². The Morgan fingerprint density at radius 3 is 2.07 bits per heavy atom. The van der Waals surface area contributed by atoms with Gasteiger partial charge in [0.05, 0.1) is 4.99 Å². The molecule has 1 fully saturated rings. The summed E-state index contributed by atoms with van der Waals surface area (Å²) in [6.07, 6.45) is 2.59. The third-order valence-corrected chi connectivity index (χ3v) is 3.80. The average Bonchev–Trinajstić information content (AvgIpc) is 2.63. The average molecular weight is 221 g/mol. The topological polar surface area (TPSA) is 20.3 Å². The van der Waals surface area contributed by atoms with E-state index in [2.05, 4.69) is 13.8 Å². The Morgan fingerprint density at radius 1 is 1.13 bits per heavy atom. The molecule has 1 heterocycles. The molecule has 2 rings (SSSR count). The molecular formula is C12H15NOS. The molecule has 0 atom stereocenters. The van der Waals surface area contributed by atoms with Crippen molar-refractivity contribution in [2.45, 2.75) is 33.1 Å². The van der Waals surface area contributed by atoms with E-state index >= 15 is 0 Å². The molecule has 80 valence electrons. The minimum Gasteiger partial charge on any atom is -0.306 e. The second-order valence-electron chi connectivity index (χ2n) is 4.43. The van der Waals surface area contributed by atoms with Gasteiger partial charge in [-0.15, -0.1) is 0 Å². The van der Waals surface area contributed by atoms with Gasteiger partial charge in [-0.1, -0.05) is 28.9 Å². The molecule has 2 aliphatic rings. The van der Waals surface area contributed by atoms with Gasteiger partial charge in [0.1, 0.15) is 0 Å². The van der Waals surface area contributed by atoms with Gasteiger partial charge in [0.2, 0.25) is 0 Å². The van der Waals surface area contributed by atoms with Crippen LogP contribution >= 0.6 is 12.2 Å². The predicted molar refractivity (Wildman–Crippen MR) is 64.6 cm³/mol. The molecule has 1 aliphatic heterocycles. The van der Waals surface area contributed by atoms with Crippen molar-refractivity contribution in [2.24, 2.45) is 0 Å². The molecule has 1 amide bonds. The zero-order valence-corrected chi connectivity index (χ0v) is 10.2. The smallest absolute Gasteiger partial charge is 0.254 e. The summed E-state index contributed by atoms with van der Waals surface area (Å²) in [4.78, 5) is 14.2. The van der Waals surface area contributed by atoms with Crippen LogP contribution in [0.4, 0.5) is 0 Å². The lowest BCUT2D eigenvalue weighted by Crippen LogP contribution is -2.22. The molecule has 0 aromatic rings. The molecule has 3 heteroatoms. The van der Waals surface area contributed by atoms with Crippen molar-refractivity contribution in [1.29, 1.82) is 0 Å². The zero-order chi connectivity index (χ0) is 11.2. The number of allylic oxidation sites excluding steroid dienone is 3. The SMILES string of the molecule is CC1=C(C)CC(=C2CC(=S)N(C)C2=O)C1. The first-order valence-corrected chi connectivity index (χ1v) is 5.58. The lowest BCUT2D eigenvalue weighted by atomic mass is 10.0. The number of amides is 1. The summed E-state index contributed by atoms with van der Waals surface area (Å²) in [6.45, 7) is 4.29. The number of hydrogen-bond acceptors (Lipinski definition) is 2. The third kappa shape index (κ3) is 1.65. The Kier molecular flexibility index (Phi) is 2.51. The van der Waals surface area contributed by atoms with Crippen LogP contribution in [0.1, 0.15) is 33.1 Å². The highest BCUT2D eigenvalue weighted by Crippen LogP contribution is 2.35. The van der Waals surface area contributed by atoms with E-state index < -0.39 is 0 Å². The number of likely N-dealkylation sites (N-methyl/N-ethyl adjacent to an activating group) is 1. The highest BCUT2D eigenvalue weighted by molar-refractivity contribution is 7.80. The Hall–Kier alpha value is -0.960. The Bertz CT molecular complexity index is 401. The second-order valence-corrected chi connectivity index (χ2v) is 4.90. The van der Waals surface area contributed by atoms with Gasteiger partial charge in [-0.2, -0.15) is 0 Å². The summed E-state index contributed by atoms with van der Waals surface area (Å²) in [5.41, 5.74) is 5.04. The fraction of sp³-hybridized carbons (Fsp3) is 0.500. The van der Waals surface area contributed by atoms with Crippen LogP contribution in [-0.2, 0) is 4.79 Å². The van der Waals surface area contributed by atoms with Crippen molar-refractivity contribution >= 4 is 23.1 Å². The minimum atomic E-state index is 0.109. The van der Waals surface area contributed by atoms with Gasteiger partial charge in [-0.3, -0.25) is 4.79 Å². The van der Waals surface area contributed by atoms with Crippen LogP contribution in [0.5, 0.6) is 0 Å². The molecule has 0 bridgehead atoms. The van der Waals surface area contributed by atoms with Crippen LogP contribution in [0, 0.1) is 0 Å². The van der Waals surface area contributed by atoms with Crippen LogP contribution < -0.4 is 0 Å². The molecule has 1 saturated heterocycles. The van der Waals surface area contributed by atoms with Gasteiger partial charge >= 0.3 is 0 Å². The number of rotatable bonds is 0. The van der Waals surface area contributed by atoms with Crippen LogP contribution in [-0.4, -0.2) is 22.8 Å². The van der Waals surface area contributed by atoms with E-state index in [4.69, 9.17) is 12.2 Å². The predicted octanol–water partition coefficient (Wildman–Crippen LogP) is 2.60. The van der Waals surface area contributed by atoms with Gasteiger partial charge in [0.25, 0.3) is 5.91 Å². The first-order valence-electron chi connectivity index (χ1n) is 5.17. The monoisotopic (exact) mass is 221 g/mol. The quantitative estimate of drug-likeness (QED) is 0.356. The van der Waals surface area contributed by atoms with Crippen molar-refractivity contribution in [2.75, 3.05) is 7.05 Å². The van der Waals surface area contributed by atoms with E-state index in [0.717, 1.165) is 23.4 Å². The molecule has 1 aliphatic carbocycles. The van der Waals surface area contributed by atoms with Gasteiger partial charge in [-0.25, -0.2) is 0 Å². The first kappa shape index (κ1) is 10.6. The molecule has 0 unspecified atom stereocenters. The van der Waals surface area contributed by atoms with Crippen molar-refractivity contribution in [3.8, 4) is 0 Å². The third-order valence-electron chi connectivity index (χ3n) is 3.38. The van der Waals surface area contributed by atoms with E-state index in [9.17, 15) is 4.79 Å². The van der Waals surface area contributed by atoms with E-state index in [1.54, 1.807) is 11.9 Å². The largest absolute Gasteiger partial charge is 0.306 e. The summed E-state index contributed by atoms with van der Waals surface area (Å²) in [5, 5.41) is 0. The number of likely N-dealkylation sites (tertiary alicyclic amines) is 1. The Labute approximate surface area is 95.6 Å². The van der Waals surface area contributed by atoms with Crippen LogP contribution in [0.3, 0.4) is 0 Å². The molecule has 0 saturated carbocycles. The lowest BCUT2D eigenvalue weighted by molar-refractivity contribution is -0.121. The summed E-state index contributed by atoms with van der Waals surface area (Å²) in [5.74, 6) is 0.109. The summed E-state index contributed by atoms with van der Waals surface area (Å²) in [6, 6.07) is 0. The number of thiocarbonyl (C=S) groups is 1. The lowest BCUT2D eigenvalue weighted by Gasteiger charge is -2.06. The van der Waals surface area contributed by atoms with Crippen LogP contribution in [0.25, 0.3) is 0 Å². The van der Waals surface area contributed by atoms with Gasteiger partial charge in [0.15, 0.2) is 0 Å². The number of carbonyl (C=O) groups excluding carboxylic acids is 1. The summed E-state index contributed by atoms with van der Waals surface area (Å²) in [7, 11) is 1.76. The van der Waals surface area contributed by atoms with Crippen molar-refractivity contribution < 1.29 is 4.79 Å². The number of hydrogen-bond donors (Lipinski definition) is 0. The maximum atomic E-state index is 11.9. The van der Waals surface area contributed by atoms with Crippen molar-refractivity contribution in [1.82, 2.24) is 4.90 Å². The van der Waals surface area contributed by atoms with E-state index in [1.165, 1.54) is 16.7 Å². The summed E-state index contributed by atoms with van der Waals surface area (Å²) >= 11 is 5.15. The molecule has 15 heavy (non-hydrogen) atoms. The zero-order valence-electron chi connectivity index (χ0n) is 9.39. The molecule has 0 radical (unpaired) electrons. The fourth-order valence-corrected chi connectivity index (χ4v) is 2.38. The maximum absolute atomic E-state index is 11.9. The molecular weight excluding hydrogens is 206 g/mol. The van der Waals surface area contributed by atoms with Crippen molar-refractivity contribution in [3.63, 3.8) is 0 Å². The van der Waals surface area contributed by atoms with Gasteiger partial charge < -0.3 is 4.90 Å². The van der Waals surface area contributed by atoms with E-state index in [1.807, 2.05) is 0 Å². The highest BCUT2D eigenvalue weighted by Gasteiger charge is 2.31. The van der Waals surface area contributed by atoms with Crippen LogP contribution in [0.2, 0.25) is 0 Å². The highest BCUT2D eigenvalue weighted by atomic mass is 32.1. The van der Waals surface area contributed by atoms with Gasteiger partial charge in [0, 0.05) is 19.0 Å². The molecule has 0 aromatic heterocycles. The van der Waals surface area contributed by atoms with Gasteiger partial charge in [-0.05, 0) is 26.7 Å². The Balaban J connectivity index is 2.31. The molecule has 0 aromatic carbocycles. The second kappa shape index (κ2) is 3.56. The maximum Gasteiger partial charge on any atom is 0.254 e. The molecule has 2 nitrogen and oxygen atoms in total. The summed E-state index contributed by atoms with van der Waals surface area (Å²) < 4.78 is 0. The van der Waals surface area contributed by atoms with Crippen molar-refractivity contribution in [3.05, 3.63) is 22.3 Å². The normalized spacial score (nSPS) is 22.5.